The Bertz CT molecular complexity index is 435. The van der Waals surface area contributed by atoms with Crippen LogP contribution in [0.1, 0.15) is 16.8 Å². The molecular weight excluding hydrogens is 332 g/mol. The Labute approximate surface area is 128 Å². The molecule has 1 aliphatic heterocycles. The summed E-state index contributed by atoms with van der Waals surface area (Å²) < 4.78 is 5.98. The van der Waals surface area contributed by atoms with Crippen molar-refractivity contribution in [3.8, 4) is 5.75 Å². The van der Waals surface area contributed by atoms with E-state index >= 15 is 0 Å². The first-order chi connectivity index (χ1) is 8.72. The van der Waals surface area contributed by atoms with Crippen molar-refractivity contribution in [2.24, 2.45) is 0 Å². The summed E-state index contributed by atoms with van der Waals surface area (Å²) in [5, 5.41) is 3.29. The largest absolute Gasteiger partial charge is 0.497 e. The number of benzene rings is 1. The van der Waals surface area contributed by atoms with E-state index in [-0.39, 0.29) is 18.3 Å². The van der Waals surface area contributed by atoms with Crippen molar-refractivity contribution in [1.82, 2.24) is 10.2 Å². The van der Waals surface area contributed by atoms with E-state index in [0.29, 0.717) is 11.3 Å². The predicted molar refractivity (Wildman–Crippen MR) is 81.3 cm³/mol. The molecule has 19 heavy (non-hydrogen) atoms. The molecule has 1 aliphatic rings. The van der Waals surface area contributed by atoms with Crippen LogP contribution in [0.3, 0.4) is 0 Å². The summed E-state index contributed by atoms with van der Waals surface area (Å²) in [4.78, 5) is 14.3. The maximum Gasteiger partial charge on any atom is 0.255 e. The van der Waals surface area contributed by atoms with Gasteiger partial charge in [0.15, 0.2) is 0 Å². The van der Waals surface area contributed by atoms with Crippen LogP contribution in [0.2, 0.25) is 0 Å². The Morgan fingerprint density at radius 1 is 1.37 bits per heavy atom. The number of carbonyl (C=O) groups excluding carboxylic acids is 1. The van der Waals surface area contributed by atoms with Gasteiger partial charge in [-0.3, -0.25) is 4.79 Å². The lowest BCUT2D eigenvalue weighted by atomic mass is 10.2. The Balaban J connectivity index is 0.00000180. The van der Waals surface area contributed by atoms with E-state index in [2.05, 4.69) is 21.2 Å². The van der Waals surface area contributed by atoms with E-state index in [1.54, 1.807) is 13.2 Å². The van der Waals surface area contributed by atoms with Crippen LogP contribution in [0.15, 0.2) is 22.7 Å². The van der Waals surface area contributed by atoms with E-state index in [9.17, 15) is 4.79 Å². The van der Waals surface area contributed by atoms with Crippen molar-refractivity contribution in [2.45, 2.75) is 6.42 Å². The third kappa shape index (κ3) is 4.09. The van der Waals surface area contributed by atoms with Gasteiger partial charge in [0.1, 0.15) is 5.75 Å². The molecule has 1 saturated heterocycles. The Morgan fingerprint density at radius 2 is 2.16 bits per heavy atom. The van der Waals surface area contributed by atoms with E-state index in [0.717, 1.165) is 37.1 Å². The molecule has 1 N–H and O–H groups in total. The summed E-state index contributed by atoms with van der Waals surface area (Å²) in [5.74, 6) is 0.763. The minimum Gasteiger partial charge on any atom is -0.497 e. The van der Waals surface area contributed by atoms with Gasteiger partial charge in [0, 0.05) is 24.1 Å². The molecule has 1 fully saturated rings. The highest BCUT2D eigenvalue weighted by molar-refractivity contribution is 9.10. The van der Waals surface area contributed by atoms with Gasteiger partial charge in [-0.05, 0) is 47.1 Å². The van der Waals surface area contributed by atoms with E-state index in [1.807, 2.05) is 17.0 Å². The molecule has 0 saturated carbocycles. The maximum atomic E-state index is 12.5. The molecule has 1 amide bonds. The molecule has 2 rings (SSSR count). The molecule has 1 aromatic carbocycles. The first-order valence-electron chi connectivity index (χ1n) is 6.06. The molecule has 0 spiro atoms. The van der Waals surface area contributed by atoms with E-state index in [1.165, 1.54) is 0 Å². The highest BCUT2D eigenvalue weighted by Crippen LogP contribution is 2.24. The second-order valence-corrected chi connectivity index (χ2v) is 5.10. The lowest BCUT2D eigenvalue weighted by Crippen LogP contribution is -2.34. The number of hydrogen-bond donors (Lipinski definition) is 1. The number of halogens is 2. The number of ether oxygens (including phenoxy) is 1. The van der Waals surface area contributed by atoms with Crippen LogP contribution in [0.5, 0.6) is 5.75 Å². The van der Waals surface area contributed by atoms with Gasteiger partial charge in [0.05, 0.1) is 12.7 Å². The molecule has 106 valence electrons. The zero-order valence-corrected chi connectivity index (χ0v) is 13.2. The van der Waals surface area contributed by atoms with Crippen molar-refractivity contribution in [2.75, 3.05) is 33.3 Å². The van der Waals surface area contributed by atoms with Gasteiger partial charge in [-0.25, -0.2) is 0 Å². The molecular formula is C13H18BrClN2O2. The van der Waals surface area contributed by atoms with Crippen LogP contribution in [-0.4, -0.2) is 44.1 Å². The number of nitrogens with zero attached hydrogens (tertiary/aromatic N) is 1. The zero-order valence-electron chi connectivity index (χ0n) is 10.8. The predicted octanol–water partition coefficient (Wildman–Crippen LogP) is 2.32. The molecule has 0 atom stereocenters. The molecule has 4 nitrogen and oxygen atoms in total. The molecule has 0 radical (unpaired) electrons. The summed E-state index contributed by atoms with van der Waals surface area (Å²) in [7, 11) is 1.60. The first-order valence-corrected chi connectivity index (χ1v) is 6.85. The number of amides is 1. The average molecular weight is 350 g/mol. The Morgan fingerprint density at radius 3 is 2.89 bits per heavy atom. The van der Waals surface area contributed by atoms with Gasteiger partial charge >= 0.3 is 0 Å². The lowest BCUT2D eigenvalue weighted by Gasteiger charge is -2.20. The Kier molecular flexibility index (Phi) is 6.62. The third-order valence-electron chi connectivity index (χ3n) is 3.03. The van der Waals surface area contributed by atoms with Crippen LogP contribution in [-0.2, 0) is 0 Å². The van der Waals surface area contributed by atoms with Gasteiger partial charge in [-0.1, -0.05) is 0 Å². The fraction of sp³-hybridized carbons (Fsp3) is 0.462. The third-order valence-corrected chi connectivity index (χ3v) is 3.72. The van der Waals surface area contributed by atoms with E-state index < -0.39 is 0 Å². The van der Waals surface area contributed by atoms with Crippen LogP contribution < -0.4 is 10.1 Å². The summed E-state index contributed by atoms with van der Waals surface area (Å²) >= 11 is 3.43. The lowest BCUT2D eigenvalue weighted by molar-refractivity contribution is 0.0765. The summed E-state index contributed by atoms with van der Waals surface area (Å²) in [5.41, 5.74) is 0.663. The number of rotatable bonds is 2. The second-order valence-electron chi connectivity index (χ2n) is 4.24. The topological polar surface area (TPSA) is 41.6 Å². The average Bonchev–Trinajstić information content (AvgIpc) is 2.67. The highest BCUT2D eigenvalue weighted by atomic mass is 79.9. The fourth-order valence-corrected chi connectivity index (χ4v) is 2.43. The Hall–Kier alpha value is -0.780. The number of methoxy groups -OCH3 is 1. The van der Waals surface area contributed by atoms with Crippen molar-refractivity contribution in [1.29, 1.82) is 0 Å². The molecule has 1 aromatic rings. The van der Waals surface area contributed by atoms with Crippen LogP contribution in [0.25, 0.3) is 0 Å². The van der Waals surface area contributed by atoms with Crippen molar-refractivity contribution in [3.05, 3.63) is 28.2 Å². The number of nitrogens with one attached hydrogen (secondary N) is 1. The van der Waals surface area contributed by atoms with Crippen molar-refractivity contribution in [3.63, 3.8) is 0 Å². The molecule has 0 bridgehead atoms. The zero-order chi connectivity index (χ0) is 13.0. The minimum absolute atomic E-state index is 0. The van der Waals surface area contributed by atoms with E-state index in [4.69, 9.17) is 4.74 Å². The van der Waals surface area contributed by atoms with Crippen LogP contribution in [0.4, 0.5) is 0 Å². The number of carbonyl (C=O) groups is 1. The van der Waals surface area contributed by atoms with Crippen LogP contribution >= 0.6 is 28.3 Å². The van der Waals surface area contributed by atoms with Gasteiger partial charge in [-0.2, -0.15) is 0 Å². The quantitative estimate of drug-likeness (QED) is 0.891. The summed E-state index contributed by atoms with van der Waals surface area (Å²) in [6, 6.07) is 5.47. The van der Waals surface area contributed by atoms with Gasteiger partial charge in [-0.15, -0.1) is 12.4 Å². The fourth-order valence-electron chi connectivity index (χ4n) is 2.01. The second kappa shape index (κ2) is 7.72. The first kappa shape index (κ1) is 16.3. The standard InChI is InChI=1S/C13H17BrN2O2.ClH/c1-18-10-3-4-12(14)11(9-10)13(17)16-7-2-5-15-6-8-16;/h3-4,9,15H,2,5-8H2,1H3;1H. The van der Waals surface area contributed by atoms with Gasteiger partial charge in [0.25, 0.3) is 5.91 Å². The van der Waals surface area contributed by atoms with Crippen LogP contribution in [0, 0.1) is 0 Å². The SMILES string of the molecule is COc1ccc(Br)c(C(=O)N2CCCNCC2)c1.Cl. The normalized spacial score (nSPS) is 15.4. The van der Waals surface area contributed by atoms with Crippen molar-refractivity contribution < 1.29 is 9.53 Å². The highest BCUT2D eigenvalue weighted by Gasteiger charge is 2.19. The minimum atomic E-state index is 0. The molecule has 1 heterocycles. The molecule has 0 aliphatic carbocycles. The summed E-state index contributed by atoms with van der Waals surface area (Å²) in [6.45, 7) is 3.38. The monoisotopic (exact) mass is 348 g/mol. The van der Waals surface area contributed by atoms with Crippen molar-refractivity contribution >= 4 is 34.2 Å². The van der Waals surface area contributed by atoms with Gasteiger partial charge in [0.2, 0.25) is 0 Å². The molecule has 0 aromatic heterocycles. The summed E-state index contributed by atoms with van der Waals surface area (Å²) in [6.07, 6.45) is 0.993. The number of hydrogen-bond acceptors (Lipinski definition) is 3. The molecule has 6 heteroatoms. The van der Waals surface area contributed by atoms with Gasteiger partial charge < -0.3 is 15.0 Å². The maximum absolute atomic E-state index is 12.5. The smallest absolute Gasteiger partial charge is 0.255 e. The molecule has 0 unspecified atom stereocenters.